The van der Waals surface area contributed by atoms with Crippen molar-refractivity contribution in [2.24, 2.45) is 0 Å². The van der Waals surface area contributed by atoms with Gasteiger partial charge in [0.15, 0.2) is 5.43 Å². The van der Waals surface area contributed by atoms with Crippen molar-refractivity contribution < 1.29 is 0 Å². The first-order valence-corrected chi connectivity index (χ1v) is 6.43. The average molecular weight is 186 g/mol. The molecule has 0 aliphatic heterocycles. The van der Waals surface area contributed by atoms with Gasteiger partial charge in [-0.2, -0.15) is 0 Å². The predicted molar refractivity (Wildman–Crippen MR) is 54.5 cm³/mol. The van der Waals surface area contributed by atoms with E-state index in [1.807, 2.05) is 0 Å². The summed E-state index contributed by atoms with van der Waals surface area (Å²) in [6.45, 7) is 0. The molecule has 0 saturated carbocycles. The number of nitrogens with zero attached hydrogens (tertiary/aromatic N) is 1. The number of hydrogen-bond acceptors (Lipinski definition) is 2. The molecule has 0 aliphatic carbocycles. The number of rotatable bonds is 1. The molecule has 0 spiro atoms. The zero-order chi connectivity index (χ0) is 9.35. The number of hydrogen-bond donors (Lipinski definition) is 1. The molecule has 3 nitrogen and oxygen atoms in total. The van der Waals surface area contributed by atoms with Crippen molar-refractivity contribution in [1.82, 2.24) is 4.68 Å². The molecule has 0 aromatic carbocycles. The van der Waals surface area contributed by atoms with Crippen LogP contribution in [0.4, 0.5) is 0 Å². The standard InChI is InChI=1S/C8H14N2OS/c1-12(2,3)8-6-10(9)5-4-7(8)11/h4-6H,9H2,1-3H3. The lowest BCUT2D eigenvalue weighted by Gasteiger charge is -2.24. The van der Waals surface area contributed by atoms with Gasteiger partial charge >= 0.3 is 0 Å². The number of aromatic nitrogens is 1. The number of nitrogen functional groups attached to an aromatic ring is 1. The monoisotopic (exact) mass is 186 g/mol. The zero-order valence-corrected chi connectivity index (χ0v) is 8.39. The van der Waals surface area contributed by atoms with Crippen LogP contribution >= 0.6 is 10.0 Å². The summed E-state index contributed by atoms with van der Waals surface area (Å²) in [4.78, 5) is 12.2. The van der Waals surface area contributed by atoms with Crippen molar-refractivity contribution in [2.45, 2.75) is 4.90 Å². The van der Waals surface area contributed by atoms with Crippen molar-refractivity contribution in [2.75, 3.05) is 24.6 Å². The molecule has 68 valence electrons. The van der Waals surface area contributed by atoms with Gasteiger partial charge in [-0.25, -0.2) is 10.0 Å². The van der Waals surface area contributed by atoms with E-state index in [0.29, 0.717) is 0 Å². The van der Waals surface area contributed by atoms with Crippen LogP contribution in [0.2, 0.25) is 0 Å². The second-order valence-electron chi connectivity index (χ2n) is 3.46. The summed E-state index contributed by atoms with van der Waals surface area (Å²) < 4.78 is 1.43. The van der Waals surface area contributed by atoms with Gasteiger partial charge in [0.2, 0.25) is 0 Å². The minimum atomic E-state index is -0.969. The van der Waals surface area contributed by atoms with Gasteiger partial charge in [0.1, 0.15) is 0 Å². The first kappa shape index (κ1) is 9.19. The molecular weight excluding hydrogens is 172 g/mol. The van der Waals surface area contributed by atoms with Crippen LogP contribution in [0.3, 0.4) is 0 Å². The van der Waals surface area contributed by atoms with Gasteiger partial charge < -0.3 is 5.84 Å². The molecule has 1 aromatic heterocycles. The SMILES string of the molecule is CS(C)(C)c1cn(N)ccc1=O. The molecule has 2 N–H and O–H groups in total. The summed E-state index contributed by atoms with van der Waals surface area (Å²) in [6.07, 6.45) is 9.49. The number of pyridine rings is 1. The van der Waals surface area contributed by atoms with E-state index in [1.54, 1.807) is 12.4 Å². The molecule has 4 heteroatoms. The van der Waals surface area contributed by atoms with E-state index in [2.05, 4.69) is 18.8 Å². The Morgan fingerprint density at radius 3 is 2.42 bits per heavy atom. The lowest BCUT2D eigenvalue weighted by Crippen LogP contribution is -2.17. The third-order valence-corrected chi connectivity index (χ3v) is 3.19. The zero-order valence-electron chi connectivity index (χ0n) is 7.57. The lowest BCUT2D eigenvalue weighted by molar-refractivity contribution is 0.946. The molecule has 1 aromatic rings. The third-order valence-electron chi connectivity index (χ3n) is 1.57. The minimum absolute atomic E-state index is 0.0826. The van der Waals surface area contributed by atoms with E-state index in [9.17, 15) is 4.79 Å². The van der Waals surface area contributed by atoms with Gasteiger partial charge in [-0.3, -0.25) is 9.47 Å². The largest absolute Gasteiger partial charge is 0.340 e. The van der Waals surface area contributed by atoms with Crippen molar-refractivity contribution in [3.63, 3.8) is 0 Å². The molecule has 0 bridgehead atoms. The van der Waals surface area contributed by atoms with E-state index in [1.165, 1.54) is 10.7 Å². The fourth-order valence-corrected chi connectivity index (χ4v) is 2.05. The van der Waals surface area contributed by atoms with Gasteiger partial charge in [0, 0.05) is 18.5 Å². The summed E-state index contributed by atoms with van der Waals surface area (Å²) in [6, 6.07) is 1.51. The summed E-state index contributed by atoms with van der Waals surface area (Å²) in [7, 11) is -0.969. The molecule has 12 heavy (non-hydrogen) atoms. The highest BCUT2D eigenvalue weighted by atomic mass is 32.3. The van der Waals surface area contributed by atoms with E-state index in [4.69, 9.17) is 5.84 Å². The molecule has 0 fully saturated rings. The molecule has 0 atom stereocenters. The molecule has 0 unspecified atom stereocenters. The van der Waals surface area contributed by atoms with Crippen LogP contribution in [0.15, 0.2) is 28.2 Å². The van der Waals surface area contributed by atoms with Gasteiger partial charge in [-0.15, -0.1) is 0 Å². The van der Waals surface area contributed by atoms with Gasteiger partial charge in [0.05, 0.1) is 4.90 Å². The van der Waals surface area contributed by atoms with Crippen LogP contribution in [-0.4, -0.2) is 23.4 Å². The molecular formula is C8H14N2OS. The number of nitrogens with two attached hydrogens (primary N) is 1. The predicted octanol–water partition coefficient (Wildman–Crippen LogP) is 0.615. The van der Waals surface area contributed by atoms with Crippen molar-refractivity contribution in [3.05, 3.63) is 28.7 Å². The maximum absolute atomic E-state index is 11.4. The average Bonchev–Trinajstić information content (AvgIpc) is 1.92. The highest BCUT2D eigenvalue weighted by Crippen LogP contribution is 2.42. The van der Waals surface area contributed by atoms with Crippen LogP contribution in [0.25, 0.3) is 0 Å². The van der Waals surface area contributed by atoms with E-state index in [-0.39, 0.29) is 5.43 Å². The van der Waals surface area contributed by atoms with Crippen LogP contribution in [0, 0.1) is 0 Å². The summed E-state index contributed by atoms with van der Waals surface area (Å²) in [5.41, 5.74) is 0.0826. The third kappa shape index (κ3) is 1.82. The Bertz CT molecular complexity index is 338. The fourth-order valence-electron chi connectivity index (χ4n) is 0.938. The van der Waals surface area contributed by atoms with Gasteiger partial charge in [0.25, 0.3) is 0 Å². The molecule has 0 saturated heterocycles. The molecule has 0 radical (unpaired) electrons. The van der Waals surface area contributed by atoms with E-state index >= 15 is 0 Å². The van der Waals surface area contributed by atoms with Crippen molar-refractivity contribution in [3.8, 4) is 0 Å². The first-order chi connectivity index (χ1) is 5.41. The van der Waals surface area contributed by atoms with E-state index in [0.717, 1.165) is 4.90 Å². The van der Waals surface area contributed by atoms with E-state index < -0.39 is 10.0 Å². The highest BCUT2D eigenvalue weighted by molar-refractivity contribution is 8.32. The Kier molecular flexibility index (Phi) is 2.19. The lowest BCUT2D eigenvalue weighted by atomic mass is 10.5. The van der Waals surface area contributed by atoms with Gasteiger partial charge in [-0.05, 0) is 18.8 Å². The Balaban J connectivity index is 3.33. The van der Waals surface area contributed by atoms with Crippen LogP contribution < -0.4 is 11.3 Å². The highest BCUT2D eigenvalue weighted by Gasteiger charge is 2.11. The normalized spacial score (nSPS) is 12.9. The van der Waals surface area contributed by atoms with Crippen LogP contribution in [-0.2, 0) is 0 Å². The summed E-state index contributed by atoms with van der Waals surface area (Å²) in [5, 5.41) is 0. The smallest absolute Gasteiger partial charge is 0.193 e. The summed E-state index contributed by atoms with van der Waals surface area (Å²) >= 11 is 0. The molecule has 1 heterocycles. The van der Waals surface area contributed by atoms with Crippen molar-refractivity contribution >= 4 is 10.0 Å². The maximum atomic E-state index is 11.4. The Labute approximate surface area is 73.5 Å². The Hall–Kier alpha value is -0.900. The maximum Gasteiger partial charge on any atom is 0.193 e. The van der Waals surface area contributed by atoms with Crippen LogP contribution in [0.5, 0.6) is 0 Å². The second-order valence-corrected chi connectivity index (χ2v) is 7.57. The first-order valence-electron chi connectivity index (χ1n) is 3.57. The topological polar surface area (TPSA) is 48.0 Å². The second kappa shape index (κ2) is 2.86. The quantitative estimate of drug-likeness (QED) is 0.653. The minimum Gasteiger partial charge on any atom is -0.340 e. The fraction of sp³-hybridized carbons (Fsp3) is 0.375. The van der Waals surface area contributed by atoms with Crippen molar-refractivity contribution in [1.29, 1.82) is 0 Å². The summed E-state index contributed by atoms with van der Waals surface area (Å²) in [5.74, 6) is 5.52. The van der Waals surface area contributed by atoms with Gasteiger partial charge in [-0.1, -0.05) is 0 Å². The molecule has 0 amide bonds. The Morgan fingerprint density at radius 2 is 2.00 bits per heavy atom. The molecule has 1 rings (SSSR count). The molecule has 0 aliphatic rings. The Morgan fingerprint density at radius 1 is 1.42 bits per heavy atom. The van der Waals surface area contributed by atoms with Crippen LogP contribution in [0.1, 0.15) is 0 Å².